The van der Waals surface area contributed by atoms with Crippen LogP contribution in [0, 0.1) is 6.92 Å². The highest BCUT2D eigenvalue weighted by molar-refractivity contribution is 8.00. The van der Waals surface area contributed by atoms with Crippen LogP contribution in [0.25, 0.3) is 5.65 Å². The molecule has 1 aliphatic rings. The number of aliphatic imine (C=N–C) groups is 1. The van der Waals surface area contributed by atoms with Crippen LogP contribution >= 0.6 is 11.8 Å². The number of imidazole rings is 1. The molecule has 3 rings (SSSR count). The van der Waals surface area contributed by atoms with Crippen LogP contribution in [0.3, 0.4) is 0 Å². The molecule has 0 atom stereocenters. The van der Waals surface area contributed by atoms with Crippen LogP contribution in [-0.2, 0) is 6.42 Å². The van der Waals surface area contributed by atoms with Crippen LogP contribution in [0.5, 0.6) is 0 Å². The van der Waals surface area contributed by atoms with Gasteiger partial charge >= 0.3 is 0 Å². The van der Waals surface area contributed by atoms with Crippen molar-refractivity contribution in [2.45, 2.75) is 31.9 Å². The van der Waals surface area contributed by atoms with E-state index in [4.69, 9.17) is 4.98 Å². The van der Waals surface area contributed by atoms with Gasteiger partial charge in [-0.05, 0) is 32.4 Å². The van der Waals surface area contributed by atoms with E-state index in [1.807, 2.05) is 18.8 Å². The van der Waals surface area contributed by atoms with Crippen molar-refractivity contribution in [3.63, 3.8) is 0 Å². The highest BCUT2D eigenvalue weighted by Crippen LogP contribution is 2.29. The average Bonchev–Trinajstić information content (AvgIpc) is 2.95. The summed E-state index contributed by atoms with van der Waals surface area (Å²) in [6.45, 7) is 9.64. The van der Waals surface area contributed by atoms with Crippen LogP contribution in [0.4, 0.5) is 0 Å². The maximum atomic E-state index is 4.74. The molecule has 1 aliphatic heterocycles. The van der Waals surface area contributed by atoms with E-state index in [0.29, 0.717) is 0 Å². The summed E-state index contributed by atoms with van der Waals surface area (Å²) in [5.41, 5.74) is 3.37. The number of aromatic nitrogens is 2. The minimum absolute atomic E-state index is 0.287. The molecule has 130 valence electrons. The zero-order valence-corrected chi connectivity index (χ0v) is 15.9. The molecule has 0 radical (unpaired) electrons. The Bertz CT molecular complexity index is 734. The van der Waals surface area contributed by atoms with Crippen LogP contribution < -0.4 is 5.32 Å². The molecular formula is C18H27N5S. The first-order valence-electron chi connectivity index (χ1n) is 8.51. The number of hydrogen-bond acceptors (Lipinski definition) is 3. The summed E-state index contributed by atoms with van der Waals surface area (Å²) in [5, 5.41) is 3.50. The van der Waals surface area contributed by atoms with Gasteiger partial charge in [-0.1, -0.05) is 6.07 Å². The van der Waals surface area contributed by atoms with E-state index in [9.17, 15) is 0 Å². The van der Waals surface area contributed by atoms with Crippen molar-refractivity contribution in [3.8, 4) is 0 Å². The average molecular weight is 346 g/mol. The third-order valence-electron chi connectivity index (χ3n) is 4.33. The van der Waals surface area contributed by atoms with Crippen molar-refractivity contribution in [1.82, 2.24) is 19.6 Å². The van der Waals surface area contributed by atoms with Gasteiger partial charge in [-0.2, -0.15) is 11.8 Å². The van der Waals surface area contributed by atoms with Crippen LogP contribution in [0.2, 0.25) is 0 Å². The van der Waals surface area contributed by atoms with Crippen molar-refractivity contribution in [1.29, 1.82) is 0 Å². The van der Waals surface area contributed by atoms with E-state index in [0.717, 1.165) is 49.1 Å². The highest BCUT2D eigenvalue weighted by Gasteiger charge is 2.28. The first kappa shape index (κ1) is 17.1. The monoisotopic (exact) mass is 345 g/mol. The lowest BCUT2D eigenvalue weighted by atomic mass is 10.2. The molecule has 0 amide bonds. The lowest BCUT2D eigenvalue weighted by Gasteiger charge is -2.39. The molecule has 1 saturated heterocycles. The van der Waals surface area contributed by atoms with Crippen molar-refractivity contribution >= 4 is 23.4 Å². The number of fused-ring (bicyclic) bond motifs is 1. The number of hydrogen-bond donors (Lipinski definition) is 1. The fraction of sp³-hybridized carbons (Fsp3) is 0.556. The van der Waals surface area contributed by atoms with Crippen LogP contribution in [0.1, 0.15) is 25.1 Å². The molecule has 6 heteroatoms. The Labute approximate surface area is 148 Å². The minimum atomic E-state index is 0.287. The molecule has 2 aromatic heterocycles. The molecule has 24 heavy (non-hydrogen) atoms. The molecule has 0 aliphatic carbocycles. The molecule has 0 spiro atoms. The standard InChI is InChI=1S/C18H27N5S/c1-14-6-5-9-22-12-15(21-16(14)22)7-8-20-17(19-4)23-10-11-24-18(2,3)13-23/h5-6,9,12H,7-8,10-11,13H2,1-4H3,(H,19,20). The van der Waals surface area contributed by atoms with E-state index in [1.165, 1.54) is 5.56 Å². The molecule has 2 aromatic rings. The van der Waals surface area contributed by atoms with Crippen molar-refractivity contribution < 1.29 is 0 Å². The third-order valence-corrected chi connectivity index (χ3v) is 5.63. The summed E-state index contributed by atoms with van der Waals surface area (Å²) >= 11 is 2.04. The lowest BCUT2D eigenvalue weighted by molar-refractivity contribution is 0.376. The van der Waals surface area contributed by atoms with Gasteiger partial charge in [-0.3, -0.25) is 4.99 Å². The van der Waals surface area contributed by atoms with Gasteiger partial charge in [-0.15, -0.1) is 0 Å². The summed E-state index contributed by atoms with van der Waals surface area (Å²) in [7, 11) is 1.87. The summed E-state index contributed by atoms with van der Waals surface area (Å²) < 4.78 is 2.39. The van der Waals surface area contributed by atoms with Crippen molar-refractivity contribution in [2.75, 3.05) is 32.4 Å². The molecule has 0 saturated carbocycles. The molecule has 0 aromatic carbocycles. The predicted octanol–water partition coefficient (Wildman–Crippen LogP) is 2.59. The van der Waals surface area contributed by atoms with E-state index >= 15 is 0 Å². The Hall–Kier alpha value is -1.69. The number of rotatable bonds is 3. The Morgan fingerprint density at radius 1 is 1.46 bits per heavy atom. The Morgan fingerprint density at radius 3 is 3.00 bits per heavy atom. The highest BCUT2D eigenvalue weighted by atomic mass is 32.2. The normalized spacial score (nSPS) is 18.2. The fourth-order valence-electron chi connectivity index (χ4n) is 3.16. The van der Waals surface area contributed by atoms with Crippen LogP contribution in [-0.4, -0.2) is 57.4 Å². The molecule has 5 nitrogen and oxygen atoms in total. The van der Waals surface area contributed by atoms with Crippen LogP contribution in [0.15, 0.2) is 29.5 Å². The van der Waals surface area contributed by atoms with Gasteiger partial charge in [0.05, 0.1) is 5.69 Å². The van der Waals surface area contributed by atoms with Gasteiger partial charge in [0.15, 0.2) is 5.96 Å². The largest absolute Gasteiger partial charge is 0.356 e. The summed E-state index contributed by atoms with van der Waals surface area (Å²) in [6, 6.07) is 4.16. The summed E-state index contributed by atoms with van der Waals surface area (Å²) in [6.07, 6.45) is 5.07. The zero-order valence-electron chi connectivity index (χ0n) is 15.0. The van der Waals surface area contributed by atoms with Gasteiger partial charge in [0.1, 0.15) is 5.65 Å². The smallest absolute Gasteiger partial charge is 0.193 e. The van der Waals surface area contributed by atoms with Gasteiger partial charge in [0, 0.05) is 56.0 Å². The van der Waals surface area contributed by atoms with Crippen molar-refractivity contribution in [3.05, 3.63) is 35.8 Å². The summed E-state index contributed by atoms with van der Waals surface area (Å²) in [5.74, 6) is 2.16. The second-order valence-electron chi connectivity index (χ2n) is 6.91. The second-order valence-corrected chi connectivity index (χ2v) is 8.71. The van der Waals surface area contributed by atoms with E-state index in [-0.39, 0.29) is 4.75 Å². The topological polar surface area (TPSA) is 44.9 Å². The number of guanidine groups is 1. The van der Waals surface area contributed by atoms with Gasteiger partial charge in [-0.25, -0.2) is 4.98 Å². The van der Waals surface area contributed by atoms with Gasteiger partial charge in [0.2, 0.25) is 0 Å². The van der Waals surface area contributed by atoms with E-state index in [2.05, 4.69) is 64.9 Å². The SMILES string of the molecule is CN=C(NCCc1cn2cccc(C)c2n1)N1CCSC(C)(C)C1. The second kappa shape index (κ2) is 7.05. The number of aryl methyl sites for hydroxylation is 1. The number of nitrogens with zero attached hydrogens (tertiary/aromatic N) is 4. The maximum absolute atomic E-state index is 4.74. The first-order valence-corrected chi connectivity index (χ1v) is 9.50. The molecule has 0 bridgehead atoms. The zero-order chi connectivity index (χ0) is 17.2. The van der Waals surface area contributed by atoms with Crippen molar-refractivity contribution in [2.24, 2.45) is 4.99 Å². The number of pyridine rings is 1. The Balaban J connectivity index is 1.59. The van der Waals surface area contributed by atoms with Gasteiger partial charge in [0.25, 0.3) is 0 Å². The van der Waals surface area contributed by atoms with Gasteiger partial charge < -0.3 is 14.6 Å². The molecular weight excluding hydrogens is 318 g/mol. The molecule has 3 heterocycles. The fourth-order valence-corrected chi connectivity index (χ4v) is 4.27. The summed E-state index contributed by atoms with van der Waals surface area (Å²) in [4.78, 5) is 11.6. The maximum Gasteiger partial charge on any atom is 0.193 e. The predicted molar refractivity (Wildman–Crippen MR) is 103 cm³/mol. The molecule has 0 unspecified atom stereocenters. The molecule has 1 N–H and O–H groups in total. The van der Waals surface area contributed by atoms with E-state index < -0.39 is 0 Å². The number of thioether (sulfide) groups is 1. The lowest BCUT2D eigenvalue weighted by Crippen LogP contribution is -2.51. The quantitative estimate of drug-likeness (QED) is 0.686. The molecule has 1 fully saturated rings. The minimum Gasteiger partial charge on any atom is -0.356 e. The third kappa shape index (κ3) is 3.86. The Kier molecular flexibility index (Phi) is 5.04. The van der Waals surface area contributed by atoms with E-state index in [1.54, 1.807) is 0 Å². The first-order chi connectivity index (χ1) is 11.5. The number of nitrogens with one attached hydrogen (secondary N) is 1. The Morgan fingerprint density at radius 2 is 2.29 bits per heavy atom.